The largest absolute Gasteiger partial charge is 0.474 e. The van der Waals surface area contributed by atoms with Crippen LogP contribution in [0.25, 0.3) is 0 Å². The molecule has 3 atom stereocenters. The Hall–Kier alpha value is -4.93. The monoisotopic (exact) mass is 673 g/mol. The van der Waals surface area contributed by atoms with Crippen molar-refractivity contribution in [3.8, 4) is 5.88 Å². The lowest BCUT2D eigenvalue weighted by Crippen LogP contribution is -2.39. The number of carbonyl (C=O) groups excluding carboxylic acids is 1. The molecular weight excluding hydrogens is 635 g/mol. The van der Waals surface area contributed by atoms with Crippen LogP contribution in [0, 0.1) is 0 Å². The number of aromatic nitrogens is 2. The number of hydrogen-bond acceptors (Lipinski definition) is 6. The summed E-state index contributed by atoms with van der Waals surface area (Å²) < 4.78 is 37.6. The third kappa shape index (κ3) is 5.39. The molecule has 8 rings (SSSR count). The lowest BCUT2D eigenvalue weighted by atomic mass is 9.75. The van der Waals surface area contributed by atoms with E-state index >= 15 is 4.21 Å². The molecular formula is C39H39N5O4S. The van der Waals surface area contributed by atoms with Crippen LogP contribution in [0.5, 0.6) is 5.88 Å². The number of anilines is 1. The highest BCUT2D eigenvalue weighted by Crippen LogP contribution is 2.46. The van der Waals surface area contributed by atoms with E-state index in [1.54, 1.807) is 11.8 Å². The van der Waals surface area contributed by atoms with Gasteiger partial charge in [0.1, 0.15) is 23.1 Å². The van der Waals surface area contributed by atoms with Crippen LogP contribution in [0.1, 0.15) is 58.2 Å². The second-order valence-electron chi connectivity index (χ2n) is 13.1. The molecule has 250 valence electrons. The number of carbonyl (C=O) groups is 1. The number of methoxy groups -OCH3 is 1. The smallest absolute Gasteiger partial charge is 0.331 e. The molecule has 10 heteroatoms. The number of ether oxygens (including phenoxy) is 2. The van der Waals surface area contributed by atoms with Gasteiger partial charge in [-0.15, -0.1) is 0 Å². The van der Waals surface area contributed by atoms with E-state index < -0.39 is 21.5 Å². The number of urea groups is 1. The molecule has 9 nitrogen and oxygen atoms in total. The van der Waals surface area contributed by atoms with E-state index in [1.165, 1.54) is 28.5 Å². The average molecular weight is 674 g/mol. The maximum atomic E-state index is 16.0. The normalized spacial score (nSPS) is 18.9. The molecule has 3 aliphatic rings. The SMILES string of the molecule is CO[C@@H]1COc2c(S(=O)(=NC(c3ccccc3)(c3ccccc3)c3ccccc3)NC(=O)Nc3c4c(cc5c3[C@@H](C)C5)CCC4)cnn2C1. The molecule has 0 saturated heterocycles. The van der Waals surface area contributed by atoms with Gasteiger partial charge in [0.15, 0.2) is 9.92 Å². The van der Waals surface area contributed by atoms with Crippen LogP contribution in [-0.4, -0.2) is 39.8 Å². The summed E-state index contributed by atoms with van der Waals surface area (Å²) in [5.74, 6) is 0.626. The topological polar surface area (TPSA) is 107 Å². The van der Waals surface area contributed by atoms with E-state index in [0.717, 1.165) is 48.1 Å². The summed E-state index contributed by atoms with van der Waals surface area (Å²) in [6.45, 7) is 2.84. The van der Waals surface area contributed by atoms with Gasteiger partial charge in [-0.3, -0.25) is 0 Å². The Balaban J connectivity index is 1.34. The van der Waals surface area contributed by atoms with Crippen LogP contribution < -0.4 is 14.8 Å². The van der Waals surface area contributed by atoms with Crippen molar-refractivity contribution in [3.05, 3.63) is 142 Å². The molecule has 0 bridgehead atoms. The minimum atomic E-state index is -3.83. The van der Waals surface area contributed by atoms with Crippen LogP contribution in [0.15, 0.2) is 113 Å². The summed E-state index contributed by atoms with van der Waals surface area (Å²) in [7, 11) is -2.21. The quantitative estimate of drug-likeness (QED) is 0.173. The number of nitrogens with zero attached hydrogens (tertiary/aromatic N) is 3. The summed E-state index contributed by atoms with van der Waals surface area (Å²) in [6, 6.07) is 31.1. The number of amides is 2. The van der Waals surface area contributed by atoms with E-state index in [4.69, 9.17) is 13.8 Å². The van der Waals surface area contributed by atoms with Crippen LogP contribution in [0.4, 0.5) is 10.5 Å². The predicted molar refractivity (Wildman–Crippen MR) is 189 cm³/mol. The van der Waals surface area contributed by atoms with Gasteiger partial charge in [-0.05, 0) is 70.5 Å². The van der Waals surface area contributed by atoms with Crippen molar-refractivity contribution in [2.24, 2.45) is 4.36 Å². The van der Waals surface area contributed by atoms with Crippen molar-refractivity contribution >= 4 is 21.6 Å². The Labute approximate surface area is 287 Å². The van der Waals surface area contributed by atoms with E-state index in [1.807, 2.05) is 91.0 Å². The van der Waals surface area contributed by atoms with Crippen molar-refractivity contribution < 1.29 is 18.5 Å². The maximum absolute atomic E-state index is 16.0. The van der Waals surface area contributed by atoms with Gasteiger partial charge in [0.2, 0.25) is 5.88 Å². The average Bonchev–Trinajstić information content (AvgIpc) is 3.79. The van der Waals surface area contributed by atoms with Gasteiger partial charge < -0.3 is 14.8 Å². The summed E-state index contributed by atoms with van der Waals surface area (Å²) in [6.07, 6.45) is 5.21. The highest BCUT2D eigenvalue weighted by Gasteiger charge is 2.41. The highest BCUT2D eigenvalue weighted by molar-refractivity contribution is 7.92. The number of rotatable bonds is 8. The standard InChI is InChI=1S/C39H39N5O4S/c1-26-21-28-22-27-13-12-20-33(27)36(35(26)28)41-38(45)42-49(46,34-23-40-44-24-32(47-2)25-48-37(34)44)43-39(29-14-6-3-7-15-29,30-16-8-4-9-17-30)31-18-10-5-11-19-31/h3-11,14-19,22-23,26,32H,12-13,20-21,24-25H2,1-2H3,(H2,41,42,43,45,46)/t26-,32-,49?/m0/s1. The molecule has 1 unspecified atom stereocenters. The molecule has 1 aromatic heterocycles. The summed E-state index contributed by atoms with van der Waals surface area (Å²) >= 11 is 0. The van der Waals surface area contributed by atoms with Crippen molar-refractivity contribution in [2.45, 2.75) is 61.6 Å². The molecule has 2 amide bonds. The van der Waals surface area contributed by atoms with Crippen LogP contribution in [0.2, 0.25) is 0 Å². The highest BCUT2D eigenvalue weighted by atomic mass is 32.2. The van der Waals surface area contributed by atoms with Crippen LogP contribution >= 0.6 is 0 Å². The Bertz CT molecular complexity index is 2040. The van der Waals surface area contributed by atoms with Crippen LogP contribution in [-0.2, 0) is 46.0 Å². The molecule has 2 heterocycles. The predicted octanol–water partition coefficient (Wildman–Crippen LogP) is 6.99. The molecule has 4 aromatic carbocycles. The molecule has 0 radical (unpaired) electrons. The molecule has 49 heavy (non-hydrogen) atoms. The minimum Gasteiger partial charge on any atom is -0.474 e. The lowest BCUT2D eigenvalue weighted by molar-refractivity contribution is 0.0165. The Morgan fingerprint density at radius 1 is 0.959 bits per heavy atom. The first-order valence-corrected chi connectivity index (χ1v) is 18.3. The van der Waals surface area contributed by atoms with Crippen LogP contribution in [0.3, 0.4) is 0 Å². The fraction of sp³-hybridized carbons (Fsp3) is 0.282. The second kappa shape index (κ2) is 12.5. The summed E-state index contributed by atoms with van der Waals surface area (Å²) in [4.78, 5) is 14.5. The van der Waals surface area contributed by atoms with Gasteiger partial charge in [-0.1, -0.05) is 104 Å². The van der Waals surface area contributed by atoms with Crippen molar-refractivity contribution in [1.29, 1.82) is 0 Å². The van der Waals surface area contributed by atoms with Gasteiger partial charge in [-0.25, -0.2) is 18.4 Å². The first-order chi connectivity index (χ1) is 23.9. The van der Waals surface area contributed by atoms with Crippen molar-refractivity contribution in [3.63, 3.8) is 0 Å². The number of aryl methyl sites for hydroxylation is 1. The Morgan fingerprint density at radius 3 is 2.18 bits per heavy atom. The fourth-order valence-electron chi connectivity index (χ4n) is 7.66. The first kappa shape index (κ1) is 31.3. The second-order valence-corrected chi connectivity index (χ2v) is 14.9. The summed E-state index contributed by atoms with van der Waals surface area (Å²) in [5.41, 5.74) is 6.83. The Morgan fingerprint density at radius 2 is 1.59 bits per heavy atom. The molecule has 5 aromatic rings. The molecule has 0 fully saturated rings. The zero-order valence-electron chi connectivity index (χ0n) is 27.6. The summed E-state index contributed by atoms with van der Waals surface area (Å²) in [5, 5.41) is 7.73. The number of hydrogen-bond donors (Lipinski definition) is 2. The molecule has 2 N–H and O–H groups in total. The number of fused-ring (bicyclic) bond motifs is 3. The third-order valence-electron chi connectivity index (χ3n) is 10.0. The van der Waals surface area contributed by atoms with Crippen molar-refractivity contribution in [2.75, 3.05) is 19.0 Å². The molecule has 0 saturated carbocycles. The maximum Gasteiger partial charge on any atom is 0.331 e. The van der Waals surface area contributed by atoms with Gasteiger partial charge in [0.05, 0.1) is 12.7 Å². The van der Waals surface area contributed by atoms with E-state index in [0.29, 0.717) is 18.3 Å². The van der Waals surface area contributed by atoms with Gasteiger partial charge in [-0.2, -0.15) is 9.46 Å². The molecule has 0 spiro atoms. The van der Waals surface area contributed by atoms with E-state index in [2.05, 4.69) is 28.1 Å². The van der Waals surface area contributed by atoms with Gasteiger partial charge in [0.25, 0.3) is 0 Å². The zero-order valence-corrected chi connectivity index (χ0v) is 28.4. The number of benzene rings is 4. The zero-order chi connectivity index (χ0) is 33.6. The fourth-order valence-corrected chi connectivity index (χ4v) is 9.51. The van der Waals surface area contributed by atoms with Gasteiger partial charge in [0, 0.05) is 12.8 Å². The molecule has 2 aliphatic carbocycles. The Kier molecular flexibility index (Phi) is 8.00. The lowest BCUT2D eigenvalue weighted by Gasteiger charge is -2.34. The van der Waals surface area contributed by atoms with Gasteiger partial charge >= 0.3 is 6.03 Å². The number of nitrogens with one attached hydrogen (secondary N) is 2. The van der Waals surface area contributed by atoms with E-state index in [-0.39, 0.29) is 17.6 Å². The third-order valence-corrected chi connectivity index (χ3v) is 11.9. The molecule has 1 aliphatic heterocycles. The first-order valence-electron chi connectivity index (χ1n) is 16.8. The van der Waals surface area contributed by atoms with E-state index in [9.17, 15) is 4.79 Å². The minimum absolute atomic E-state index is 0.198. The van der Waals surface area contributed by atoms with Crippen molar-refractivity contribution in [1.82, 2.24) is 14.5 Å².